The van der Waals surface area contributed by atoms with E-state index in [0.717, 1.165) is 17.9 Å². The first-order chi connectivity index (χ1) is 13.9. The minimum absolute atomic E-state index is 0.140. The van der Waals surface area contributed by atoms with E-state index in [-0.39, 0.29) is 5.92 Å². The van der Waals surface area contributed by atoms with Crippen LogP contribution in [0.15, 0.2) is 84.9 Å². The molecule has 1 aromatic heterocycles. The summed E-state index contributed by atoms with van der Waals surface area (Å²) >= 11 is 0. The van der Waals surface area contributed by atoms with Crippen LogP contribution in [0.25, 0.3) is 11.0 Å². The van der Waals surface area contributed by atoms with Crippen molar-refractivity contribution in [3.8, 4) is 0 Å². The molecule has 2 nitrogen and oxygen atoms in total. The summed E-state index contributed by atoms with van der Waals surface area (Å²) in [6.07, 6.45) is 5.01. The summed E-state index contributed by atoms with van der Waals surface area (Å²) in [6, 6.07) is 30.1. The maximum atomic E-state index is 5.13. The minimum Gasteiger partial charge on any atom is -0.327 e. The second-order valence-corrected chi connectivity index (χ2v) is 7.43. The Kier molecular flexibility index (Phi) is 5.86. The number of hydrogen-bond donors (Lipinski definition) is 0. The van der Waals surface area contributed by atoms with E-state index in [0.29, 0.717) is 0 Å². The molecule has 0 amide bonds. The Morgan fingerprint density at radius 1 is 0.714 bits per heavy atom. The smallest absolute Gasteiger partial charge is 0.121 e. The number of para-hydroxylation sites is 2. The number of aryl methyl sites for hydroxylation is 1. The lowest BCUT2D eigenvalue weighted by Crippen LogP contribution is -2.12. The molecule has 0 unspecified atom stereocenters. The van der Waals surface area contributed by atoms with Crippen LogP contribution in [0.5, 0.6) is 0 Å². The van der Waals surface area contributed by atoms with Gasteiger partial charge >= 0.3 is 0 Å². The highest BCUT2D eigenvalue weighted by molar-refractivity contribution is 5.76. The number of aromatic nitrogens is 2. The highest BCUT2D eigenvalue weighted by atomic mass is 15.1. The third-order valence-corrected chi connectivity index (χ3v) is 5.44. The Morgan fingerprint density at radius 3 is 1.96 bits per heavy atom. The second kappa shape index (κ2) is 8.88. The molecule has 0 N–H and O–H groups in total. The molecule has 0 atom stereocenters. The van der Waals surface area contributed by atoms with Gasteiger partial charge in [0.1, 0.15) is 5.82 Å². The molecule has 0 fully saturated rings. The average Bonchev–Trinajstić information content (AvgIpc) is 3.11. The maximum Gasteiger partial charge on any atom is 0.121 e. The van der Waals surface area contributed by atoms with E-state index in [1.807, 2.05) is 0 Å². The standard InChI is InChI=1S/C26H28N2/c1-2-3-4-13-20-28-24-19-12-11-18-23(24)27-26(28)25(21-14-7-5-8-15-21)22-16-9-6-10-17-22/h5-12,14-19,25H,2-4,13,20H2,1H3. The SMILES string of the molecule is CCCCCCn1c(C(c2ccccc2)c2ccccc2)nc2ccccc21. The number of benzene rings is 3. The van der Waals surface area contributed by atoms with Crippen LogP contribution < -0.4 is 0 Å². The molecule has 0 saturated carbocycles. The van der Waals surface area contributed by atoms with Crippen molar-refractivity contribution in [1.29, 1.82) is 0 Å². The number of hydrogen-bond acceptors (Lipinski definition) is 1. The van der Waals surface area contributed by atoms with Crippen LogP contribution in [-0.4, -0.2) is 9.55 Å². The van der Waals surface area contributed by atoms with E-state index >= 15 is 0 Å². The molecular weight excluding hydrogens is 340 g/mol. The highest BCUT2D eigenvalue weighted by Crippen LogP contribution is 2.33. The third-order valence-electron chi connectivity index (χ3n) is 5.44. The molecule has 28 heavy (non-hydrogen) atoms. The van der Waals surface area contributed by atoms with Crippen molar-refractivity contribution in [3.63, 3.8) is 0 Å². The van der Waals surface area contributed by atoms with Gasteiger partial charge < -0.3 is 4.57 Å². The molecule has 1 heterocycles. The van der Waals surface area contributed by atoms with Gasteiger partial charge in [-0.1, -0.05) is 99.0 Å². The number of fused-ring (bicyclic) bond motifs is 1. The zero-order chi connectivity index (χ0) is 19.2. The lowest BCUT2D eigenvalue weighted by atomic mass is 9.90. The average molecular weight is 369 g/mol. The number of unbranched alkanes of at least 4 members (excludes halogenated alkanes) is 3. The lowest BCUT2D eigenvalue weighted by molar-refractivity contribution is 0.571. The van der Waals surface area contributed by atoms with E-state index in [9.17, 15) is 0 Å². The summed E-state index contributed by atoms with van der Waals surface area (Å²) < 4.78 is 2.45. The van der Waals surface area contributed by atoms with Gasteiger partial charge in [-0.2, -0.15) is 0 Å². The van der Waals surface area contributed by atoms with Crippen LogP contribution in [0.1, 0.15) is 55.5 Å². The first-order valence-electron chi connectivity index (χ1n) is 10.4. The summed E-state index contributed by atoms with van der Waals surface area (Å²) in [5.41, 5.74) is 4.91. The summed E-state index contributed by atoms with van der Waals surface area (Å²) in [5, 5.41) is 0. The van der Waals surface area contributed by atoms with Gasteiger partial charge in [0.2, 0.25) is 0 Å². The van der Waals surface area contributed by atoms with Crippen molar-refractivity contribution in [2.75, 3.05) is 0 Å². The molecule has 3 aromatic carbocycles. The summed E-state index contributed by atoms with van der Waals surface area (Å²) in [5.74, 6) is 1.29. The predicted molar refractivity (Wildman–Crippen MR) is 118 cm³/mol. The van der Waals surface area contributed by atoms with Gasteiger partial charge in [-0.15, -0.1) is 0 Å². The molecule has 0 saturated heterocycles. The first kappa shape index (κ1) is 18.5. The van der Waals surface area contributed by atoms with Crippen LogP contribution in [0.3, 0.4) is 0 Å². The highest BCUT2D eigenvalue weighted by Gasteiger charge is 2.23. The maximum absolute atomic E-state index is 5.13. The van der Waals surface area contributed by atoms with Crippen molar-refractivity contribution in [2.24, 2.45) is 0 Å². The fourth-order valence-corrected chi connectivity index (χ4v) is 4.03. The molecule has 0 aliphatic heterocycles. The summed E-state index contributed by atoms with van der Waals surface area (Å²) in [4.78, 5) is 5.13. The van der Waals surface area contributed by atoms with Gasteiger partial charge in [-0.3, -0.25) is 0 Å². The molecule has 0 aliphatic carbocycles. The van der Waals surface area contributed by atoms with E-state index in [1.54, 1.807) is 0 Å². The van der Waals surface area contributed by atoms with E-state index in [1.165, 1.54) is 42.3 Å². The number of nitrogens with zero attached hydrogens (tertiary/aromatic N) is 2. The quantitative estimate of drug-likeness (QED) is 0.313. The predicted octanol–water partition coefficient (Wildman–Crippen LogP) is 6.80. The summed E-state index contributed by atoms with van der Waals surface area (Å²) in [7, 11) is 0. The fraction of sp³-hybridized carbons (Fsp3) is 0.269. The van der Waals surface area contributed by atoms with Crippen molar-refractivity contribution >= 4 is 11.0 Å². The Balaban J connectivity index is 1.83. The molecule has 0 aliphatic rings. The van der Waals surface area contributed by atoms with Crippen molar-refractivity contribution in [2.45, 2.75) is 45.1 Å². The van der Waals surface area contributed by atoms with Crippen molar-refractivity contribution < 1.29 is 0 Å². The second-order valence-electron chi connectivity index (χ2n) is 7.43. The van der Waals surface area contributed by atoms with E-state index < -0.39 is 0 Å². The van der Waals surface area contributed by atoms with Gasteiger partial charge in [0, 0.05) is 6.54 Å². The van der Waals surface area contributed by atoms with Gasteiger partial charge in [0.25, 0.3) is 0 Å². The zero-order valence-corrected chi connectivity index (χ0v) is 16.6. The Hall–Kier alpha value is -2.87. The van der Waals surface area contributed by atoms with E-state index in [2.05, 4.69) is 96.4 Å². The minimum atomic E-state index is 0.140. The van der Waals surface area contributed by atoms with Gasteiger partial charge in [-0.25, -0.2) is 4.98 Å². The largest absolute Gasteiger partial charge is 0.327 e. The molecule has 0 radical (unpaired) electrons. The molecule has 4 aromatic rings. The van der Waals surface area contributed by atoms with Crippen molar-refractivity contribution in [3.05, 3.63) is 102 Å². The normalized spacial score (nSPS) is 11.4. The molecule has 142 valence electrons. The van der Waals surface area contributed by atoms with Crippen LogP contribution >= 0.6 is 0 Å². The van der Waals surface area contributed by atoms with Crippen LogP contribution in [0, 0.1) is 0 Å². The number of rotatable bonds is 8. The first-order valence-corrected chi connectivity index (χ1v) is 10.4. The molecular formula is C26H28N2. The Morgan fingerprint density at radius 2 is 1.32 bits per heavy atom. The van der Waals surface area contributed by atoms with Gasteiger partial charge in [-0.05, 0) is 29.7 Å². The Labute approximate surface area is 167 Å². The van der Waals surface area contributed by atoms with Gasteiger partial charge in [0.15, 0.2) is 0 Å². The molecule has 0 bridgehead atoms. The zero-order valence-electron chi connectivity index (χ0n) is 16.6. The topological polar surface area (TPSA) is 17.8 Å². The third kappa shape index (κ3) is 3.87. The lowest BCUT2D eigenvalue weighted by Gasteiger charge is -2.20. The van der Waals surface area contributed by atoms with Gasteiger partial charge in [0.05, 0.1) is 17.0 Å². The van der Waals surface area contributed by atoms with Crippen LogP contribution in [0.4, 0.5) is 0 Å². The summed E-state index contributed by atoms with van der Waals surface area (Å²) in [6.45, 7) is 3.28. The van der Waals surface area contributed by atoms with Crippen LogP contribution in [0.2, 0.25) is 0 Å². The monoisotopic (exact) mass is 368 g/mol. The van der Waals surface area contributed by atoms with E-state index in [4.69, 9.17) is 4.98 Å². The molecule has 2 heteroatoms. The molecule has 4 rings (SSSR count). The van der Waals surface area contributed by atoms with Crippen LogP contribution in [-0.2, 0) is 6.54 Å². The number of imidazole rings is 1. The Bertz CT molecular complexity index is 963. The van der Waals surface area contributed by atoms with Crippen molar-refractivity contribution in [1.82, 2.24) is 9.55 Å². The fourth-order valence-electron chi connectivity index (χ4n) is 4.03. The molecule has 0 spiro atoms.